The lowest BCUT2D eigenvalue weighted by molar-refractivity contribution is -0.384. The standard InChI is InChI=1S/C24H23N5O3S2/c1-17(23(30)25-19-9-11-20(12-10-19)29(31)32)34-24-27-26-22(16-21-8-5-15-33-21)28(24)14-13-18-6-3-2-4-7-18/h2-12,15,17H,13-14,16H2,1H3,(H,25,30). The molecule has 174 valence electrons. The molecular formula is C24H23N5O3S2. The Morgan fingerprint density at radius 2 is 1.88 bits per heavy atom. The molecule has 0 bridgehead atoms. The first-order valence-electron chi connectivity index (χ1n) is 10.7. The third-order valence-electron chi connectivity index (χ3n) is 5.17. The van der Waals surface area contributed by atoms with Crippen LogP contribution < -0.4 is 5.32 Å². The number of anilines is 1. The summed E-state index contributed by atoms with van der Waals surface area (Å²) in [5.74, 6) is 0.653. The van der Waals surface area contributed by atoms with Gasteiger partial charge in [-0.2, -0.15) is 0 Å². The van der Waals surface area contributed by atoms with Crippen molar-refractivity contribution in [1.82, 2.24) is 14.8 Å². The minimum atomic E-state index is -0.472. The Bertz CT molecular complexity index is 1240. The molecule has 4 aromatic rings. The number of benzene rings is 2. The molecule has 1 amide bonds. The second-order valence-corrected chi connectivity index (χ2v) is 9.94. The molecule has 10 heteroatoms. The monoisotopic (exact) mass is 493 g/mol. The second kappa shape index (κ2) is 11.1. The van der Waals surface area contributed by atoms with Gasteiger partial charge in [-0.1, -0.05) is 48.2 Å². The molecule has 1 unspecified atom stereocenters. The predicted molar refractivity (Wildman–Crippen MR) is 134 cm³/mol. The van der Waals surface area contributed by atoms with Gasteiger partial charge < -0.3 is 9.88 Å². The maximum Gasteiger partial charge on any atom is 0.269 e. The number of hydrogen-bond donors (Lipinski definition) is 1. The maximum absolute atomic E-state index is 12.8. The summed E-state index contributed by atoms with van der Waals surface area (Å²) in [6, 6.07) is 20.1. The van der Waals surface area contributed by atoms with Crippen molar-refractivity contribution in [3.05, 3.63) is 98.5 Å². The molecule has 2 aromatic carbocycles. The van der Waals surface area contributed by atoms with Gasteiger partial charge in [0.1, 0.15) is 5.82 Å². The van der Waals surface area contributed by atoms with Gasteiger partial charge >= 0.3 is 0 Å². The molecule has 0 saturated heterocycles. The van der Waals surface area contributed by atoms with Gasteiger partial charge in [-0.25, -0.2) is 0 Å². The third-order valence-corrected chi connectivity index (χ3v) is 7.13. The highest BCUT2D eigenvalue weighted by Crippen LogP contribution is 2.26. The number of carbonyl (C=O) groups is 1. The van der Waals surface area contributed by atoms with Crippen molar-refractivity contribution in [3.63, 3.8) is 0 Å². The predicted octanol–water partition coefficient (Wildman–Crippen LogP) is 5.20. The van der Waals surface area contributed by atoms with E-state index in [9.17, 15) is 14.9 Å². The number of aromatic nitrogens is 3. The van der Waals surface area contributed by atoms with Crippen LogP contribution in [0.2, 0.25) is 0 Å². The number of aryl methyl sites for hydroxylation is 1. The van der Waals surface area contributed by atoms with Crippen molar-refractivity contribution in [2.75, 3.05) is 5.32 Å². The minimum absolute atomic E-state index is 0.0230. The van der Waals surface area contributed by atoms with Crippen LogP contribution in [0.25, 0.3) is 0 Å². The van der Waals surface area contributed by atoms with Crippen LogP contribution in [0.5, 0.6) is 0 Å². The Kier molecular flexibility index (Phi) is 7.71. The largest absolute Gasteiger partial charge is 0.325 e. The van der Waals surface area contributed by atoms with Crippen LogP contribution in [0.3, 0.4) is 0 Å². The van der Waals surface area contributed by atoms with Gasteiger partial charge in [0.2, 0.25) is 5.91 Å². The van der Waals surface area contributed by atoms with E-state index < -0.39 is 10.2 Å². The summed E-state index contributed by atoms with van der Waals surface area (Å²) >= 11 is 3.03. The van der Waals surface area contributed by atoms with Crippen molar-refractivity contribution < 1.29 is 9.72 Å². The number of nitrogens with one attached hydrogen (secondary N) is 1. The minimum Gasteiger partial charge on any atom is -0.325 e. The highest BCUT2D eigenvalue weighted by molar-refractivity contribution is 8.00. The van der Waals surface area contributed by atoms with E-state index in [1.54, 1.807) is 18.3 Å². The normalized spacial score (nSPS) is 11.8. The van der Waals surface area contributed by atoms with Crippen molar-refractivity contribution >= 4 is 40.4 Å². The number of hydrogen-bond acceptors (Lipinski definition) is 7. The molecular weight excluding hydrogens is 470 g/mol. The lowest BCUT2D eigenvalue weighted by Crippen LogP contribution is -2.23. The van der Waals surface area contributed by atoms with E-state index in [0.717, 1.165) is 12.2 Å². The Morgan fingerprint density at radius 1 is 1.12 bits per heavy atom. The summed E-state index contributed by atoms with van der Waals surface area (Å²) in [5.41, 5.74) is 1.70. The van der Waals surface area contributed by atoms with E-state index in [-0.39, 0.29) is 11.6 Å². The summed E-state index contributed by atoms with van der Waals surface area (Å²) in [6.07, 6.45) is 1.51. The molecule has 34 heavy (non-hydrogen) atoms. The molecule has 4 rings (SSSR count). The fourth-order valence-corrected chi connectivity index (χ4v) is 4.93. The first-order valence-corrected chi connectivity index (χ1v) is 12.5. The van der Waals surface area contributed by atoms with Crippen LogP contribution in [0.15, 0.2) is 77.3 Å². The molecule has 0 spiro atoms. The molecule has 2 aromatic heterocycles. The van der Waals surface area contributed by atoms with Crippen LogP contribution in [0.4, 0.5) is 11.4 Å². The van der Waals surface area contributed by atoms with Gasteiger partial charge in [0, 0.05) is 35.7 Å². The van der Waals surface area contributed by atoms with Gasteiger partial charge in [0.05, 0.1) is 10.2 Å². The quantitative estimate of drug-likeness (QED) is 0.185. The van der Waals surface area contributed by atoms with Gasteiger partial charge in [-0.05, 0) is 42.5 Å². The van der Waals surface area contributed by atoms with E-state index in [2.05, 4.69) is 38.3 Å². The van der Waals surface area contributed by atoms with E-state index in [0.29, 0.717) is 23.8 Å². The summed E-state index contributed by atoms with van der Waals surface area (Å²) in [7, 11) is 0. The lowest BCUT2D eigenvalue weighted by atomic mass is 10.1. The first kappa shape index (κ1) is 23.7. The number of nitro benzene ring substituents is 1. The maximum atomic E-state index is 12.8. The van der Waals surface area contributed by atoms with Crippen molar-refractivity contribution in [3.8, 4) is 0 Å². The number of nitrogens with zero attached hydrogens (tertiary/aromatic N) is 4. The number of non-ortho nitro benzene ring substituents is 1. The van der Waals surface area contributed by atoms with Crippen LogP contribution >= 0.6 is 23.1 Å². The summed E-state index contributed by atoms with van der Waals surface area (Å²) in [4.78, 5) is 24.3. The number of amides is 1. The zero-order valence-corrected chi connectivity index (χ0v) is 20.1. The molecule has 0 saturated carbocycles. The van der Waals surface area contributed by atoms with E-state index in [1.165, 1.54) is 46.5 Å². The fraction of sp³-hybridized carbons (Fsp3) is 0.208. The Hall–Kier alpha value is -3.50. The Morgan fingerprint density at radius 3 is 2.56 bits per heavy atom. The van der Waals surface area contributed by atoms with Crippen molar-refractivity contribution in [1.29, 1.82) is 0 Å². The van der Waals surface area contributed by atoms with Crippen LogP contribution in [-0.4, -0.2) is 30.8 Å². The summed E-state index contributed by atoms with van der Waals surface area (Å²) in [6.45, 7) is 2.51. The van der Waals surface area contributed by atoms with Crippen LogP contribution in [0.1, 0.15) is 23.2 Å². The van der Waals surface area contributed by atoms with E-state index in [4.69, 9.17) is 0 Å². The molecule has 1 atom stereocenters. The van der Waals surface area contributed by atoms with Crippen molar-refractivity contribution in [2.45, 2.75) is 36.7 Å². The molecule has 0 aliphatic rings. The SMILES string of the molecule is CC(Sc1nnc(Cc2cccs2)n1CCc1ccccc1)C(=O)Nc1ccc([N+](=O)[O-])cc1. The third kappa shape index (κ3) is 6.09. The first-order chi connectivity index (χ1) is 16.5. The number of thioether (sulfide) groups is 1. The Labute approximate surface area is 205 Å². The molecule has 0 fully saturated rings. The molecule has 0 aliphatic carbocycles. The number of nitro groups is 1. The lowest BCUT2D eigenvalue weighted by Gasteiger charge is -2.14. The second-order valence-electron chi connectivity index (χ2n) is 7.60. The van der Waals surface area contributed by atoms with Gasteiger partial charge in [-0.3, -0.25) is 14.9 Å². The van der Waals surface area contributed by atoms with Gasteiger partial charge in [-0.15, -0.1) is 21.5 Å². The average Bonchev–Trinajstić information content (AvgIpc) is 3.49. The zero-order valence-electron chi connectivity index (χ0n) is 18.5. The fourth-order valence-electron chi connectivity index (χ4n) is 3.34. The van der Waals surface area contributed by atoms with Crippen LogP contribution in [0, 0.1) is 10.1 Å². The molecule has 0 radical (unpaired) electrons. The molecule has 8 nitrogen and oxygen atoms in total. The number of rotatable bonds is 10. The number of carbonyl (C=O) groups excluding carboxylic acids is 1. The smallest absolute Gasteiger partial charge is 0.269 e. The van der Waals surface area contributed by atoms with Crippen molar-refractivity contribution in [2.24, 2.45) is 0 Å². The topological polar surface area (TPSA) is 103 Å². The highest BCUT2D eigenvalue weighted by atomic mass is 32.2. The van der Waals surface area contributed by atoms with Gasteiger partial charge in [0.15, 0.2) is 5.16 Å². The molecule has 0 aliphatic heterocycles. The average molecular weight is 494 g/mol. The molecule has 1 N–H and O–H groups in total. The Balaban J connectivity index is 1.47. The van der Waals surface area contributed by atoms with Crippen LogP contribution in [-0.2, 0) is 24.2 Å². The summed E-state index contributed by atoms with van der Waals surface area (Å²) in [5, 5.41) is 24.7. The molecule has 2 heterocycles. The summed E-state index contributed by atoms with van der Waals surface area (Å²) < 4.78 is 2.09. The zero-order chi connectivity index (χ0) is 23.9. The highest BCUT2D eigenvalue weighted by Gasteiger charge is 2.21. The van der Waals surface area contributed by atoms with E-state index in [1.807, 2.05) is 29.6 Å². The number of thiophene rings is 1. The van der Waals surface area contributed by atoms with E-state index >= 15 is 0 Å². The van der Waals surface area contributed by atoms with Gasteiger partial charge in [0.25, 0.3) is 5.69 Å².